The van der Waals surface area contributed by atoms with Crippen molar-refractivity contribution in [2.24, 2.45) is 0 Å². The number of benzene rings is 1. The molecule has 6 heteroatoms. The third-order valence-electron chi connectivity index (χ3n) is 4.23. The molecule has 0 atom stereocenters. The first-order valence-corrected chi connectivity index (χ1v) is 9.13. The van der Waals surface area contributed by atoms with Gasteiger partial charge in [-0.3, -0.25) is 14.9 Å². The van der Waals surface area contributed by atoms with E-state index in [0.717, 1.165) is 27.0 Å². The molecule has 1 amide bonds. The number of aromatic amines is 1. The van der Waals surface area contributed by atoms with E-state index in [9.17, 15) is 4.79 Å². The first-order valence-electron chi connectivity index (χ1n) is 8.31. The van der Waals surface area contributed by atoms with Crippen LogP contribution in [0.15, 0.2) is 42.5 Å². The maximum Gasteiger partial charge on any atom is 0.258 e. The predicted octanol–water partition coefficient (Wildman–Crippen LogP) is 4.86. The Morgan fingerprint density at radius 1 is 1.08 bits per heavy atom. The van der Waals surface area contributed by atoms with Gasteiger partial charge in [-0.25, -0.2) is 0 Å². The fraction of sp³-hybridized carbons (Fsp3) is 0.150. The van der Waals surface area contributed by atoms with Crippen LogP contribution in [0, 0.1) is 20.8 Å². The fourth-order valence-corrected chi connectivity index (χ4v) is 3.73. The first-order chi connectivity index (χ1) is 12.5. The van der Waals surface area contributed by atoms with Gasteiger partial charge >= 0.3 is 0 Å². The topological polar surface area (TPSA) is 70.7 Å². The number of anilines is 1. The highest BCUT2D eigenvalue weighted by Crippen LogP contribution is 2.27. The van der Waals surface area contributed by atoms with E-state index in [1.807, 2.05) is 50.2 Å². The average molecular weight is 362 g/mol. The normalized spacial score (nSPS) is 11.0. The third-order valence-corrected chi connectivity index (χ3v) is 5.26. The number of aromatic nitrogens is 3. The minimum absolute atomic E-state index is 0.209. The van der Waals surface area contributed by atoms with Gasteiger partial charge in [0.15, 0.2) is 5.82 Å². The van der Waals surface area contributed by atoms with Crippen LogP contribution >= 0.6 is 11.3 Å². The molecule has 0 spiro atoms. The summed E-state index contributed by atoms with van der Waals surface area (Å²) in [7, 11) is 0. The molecule has 0 aliphatic heterocycles. The van der Waals surface area contributed by atoms with E-state index in [1.54, 1.807) is 11.3 Å². The van der Waals surface area contributed by atoms with Gasteiger partial charge in [0.25, 0.3) is 5.91 Å². The smallest absolute Gasteiger partial charge is 0.258 e. The number of nitrogens with one attached hydrogen (secondary N) is 2. The van der Waals surface area contributed by atoms with E-state index in [1.165, 1.54) is 4.88 Å². The summed E-state index contributed by atoms with van der Waals surface area (Å²) < 4.78 is 0. The van der Waals surface area contributed by atoms with Crippen LogP contribution in [0.1, 0.15) is 26.5 Å². The number of hydrogen-bond acceptors (Lipinski definition) is 4. The summed E-state index contributed by atoms with van der Waals surface area (Å²) in [4.78, 5) is 19.6. The van der Waals surface area contributed by atoms with Gasteiger partial charge in [-0.2, -0.15) is 5.10 Å². The number of pyridine rings is 1. The molecule has 5 nitrogen and oxygen atoms in total. The molecule has 2 N–H and O–H groups in total. The van der Waals surface area contributed by atoms with E-state index < -0.39 is 0 Å². The monoisotopic (exact) mass is 362 g/mol. The summed E-state index contributed by atoms with van der Waals surface area (Å²) in [6.45, 7) is 5.93. The molecular formula is C20H18N4OS. The fourth-order valence-electron chi connectivity index (χ4n) is 2.90. The van der Waals surface area contributed by atoms with Gasteiger partial charge in [-0.15, -0.1) is 11.3 Å². The van der Waals surface area contributed by atoms with Crippen molar-refractivity contribution in [3.63, 3.8) is 0 Å². The van der Waals surface area contributed by atoms with Crippen molar-refractivity contribution >= 4 is 34.0 Å². The van der Waals surface area contributed by atoms with Crippen molar-refractivity contribution in [2.75, 3.05) is 5.32 Å². The molecular weight excluding hydrogens is 344 g/mol. The molecule has 0 saturated heterocycles. The number of aryl methyl sites for hydroxylation is 3. The van der Waals surface area contributed by atoms with E-state index in [4.69, 9.17) is 0 Å². The van der Waals surface area contributed by atoms with Crippen molar-refractivity contribution < 1.29 is 4.79 Å². The van der Waals surface area contributed by atoms with Crippen molar-refractivity contribution in [3.8, 4) is 10.6 Å². The molecule has 0 bridgehead atoms. The highest BCUT2D eigenvalue weighted by molar-refractivity contribution is 7.15. The van der Waals surface area contributed by atoms with Gasteiger partial charge in [0.2, 0.25) is 0 Å². The third kappa shape index (κ3) is 3.11. The zero-order valence-corrected chi connectivity index (χ0v) is 15.6. The molecule has 3 aromatic heterocycles. The SMILES string of the molecule is Cc1ccc2nc(C)c(C(=O)Nc3cc(-c4ccc(C)s4)[nH]n3)cc2c1. The number of fused-ring (bicyclic) bond motifs is 1. The van der Waals surface area contributed by atoms with Crippen LogP contribution in [0.25, 0.3) is 21.5 Å². The highest BCUT2D eigenvalue weighted by atomic mass is 32.1. The number of thiophene rings is 1. The molecule has 0 aliphatic carbocycles. The molecule has 130 valence electrons. The Kier molecular flexibility index (Phi) is 4.05. The van der Waals surface area contributed by atoms with Gasteiger partial charge in [-0.1, -0.05) is 11.6 Å². The van der Waals surface area contributed by atoms with E-state index in [2.05, 4.69) is 33.5 Å². The molecule has 1 aromatic carbocycles. The number of hydrogen-bond donors (Lipinski definition) is 2. The van der Waals surface area contributed by atoms with Crippen LogP contribution < -0.4 is 5.32 Å². The van der Waals surface area contributed by atoms with Crippen molar-refractivity contribution in [1.82, 2.24) is 15.2 Å². The molecule has 0 fully saturated rings. The average Bonchev–Trinajstić information content (AvgIpc) is 3.23. The second kappa shape index (κ2) is 6.38. The Morgan fingerprint density at radius 2 is 1.92 bits per heavy atom. The summed E-state index contributed by atoms with van der Waals surface area (Å²) in [5.41, 5.74) is 4.17. The molecule has 0 unspecified atom stereocenters. The van der Waals surface area contributed by atoms with Crippen LogP contribution in [0.4, 0.5) is 5.82 Å². The summed E-state index contributed by atoms with van der Waals surface area (Å²) in [5, 5.41) is 11.0. The Bertz CT molecular complexity index is 1130. The lowest BCUT2D eigenvalue weighted by Crippen LogP contribution is -2.14. The minimum Gasteiger partial charge on any atom is -0.305 e. The summed E-state index contributed by atoms with van der Waals surface area (Å²) in [6.07, 6.45) is 0. The molecule has 0 aliphatic rings. The van der Waals surface area contributed by atoms with Crippen LogP contribution in [-0.4, -0.2) is 21.1 Å². The molecule has 0 saturated carbocycles. The molecule has 0 radical (unpaired) electrons. The zero-order chi connectivity index (χ0) is 18.3. The van der Waals surface area contributed by atoms with Gasteiger partial charge in [-0.05, 0) is 51.1 Å². The van der Waals surface area contributed by atoms with Gasteiger partial charge in [0.05, 0.1) is 27.3 Å². The largest absolute Gasteiger partial charge is 0.305 e. The number of amides is 1. The minimum atomic E-state index is -0.209. The van der Waals surface area contributed by atoms with Crippen LogP contribution in [-0.2, 0) is 0 Å². The quantitative estimate of drug-likeness (QED) is 0.546. The van der Waals surface area contributed by atoms with Crippen molar-refractivity contribution in [2.45, 2.75) is 20.8 Å². The second-order valence-corrected chi connectivity index (χ2v) is 7.64. The lowest BCUT2D eigenvalue weighted by molar-refractivity contribution is 0.102. The maximum atomic E-state index is 12.7. The number of rotatable bonds is 3. The maximum absolute atomic E-state index is 12.7. The second-order valence-electron chi connectivity index (χ2n) is 6.35. The van der Waals surface area contributed by atoms with E-state index in [-0.39, 0.29) is 5.91 Å². The first kappa shape index (κ1) is 16.5. The number of nitrogens with zero attached hydrogens (tertiary/aromatic N) is 2. The Hall–Kier alpha value is -2.99. The lowest BCUT2D eigenvalue weighted by atomic mass is 10.1. The summed E-state index contributed by atoms with van der Waals surface area (Å²) in [5.74, 6) is 0.290. The van der Waals surface area contributed by atoms with E-state index in [0.29, 0.717) is 17.1 Å². The number of carbonyl (C=O) groups is 1. The zero-order valence-electron chi connectivity index (χ0n) is 14.8. The number of carbonyl (C=O) groups excluding carboxylic acids is 1. The van der Waals surface area contributed by atoms with Crippen LogP contribution in [0.2, 0.25) is 0 Å². The molecule has 4 rings (SSSR count). The van der Waals surface area contributed by atoms with Crippen LogP contribution in [0.3, 0.4) is 0 Å². The Morgan fingerprint density at radius 3 is 2.69 bits per heavy atom. The van der Waals surface area contributed by atoms with Crippen LogP contribution in [0.5, 0.6) is 0 Å². The summed E-state index contributed by atoms with van der Waals surface area (Å²) in [6, 6.07) is 13.9. The Balaban J connectivity index is 1.61. The molecule has 26 heavy (non-hydrogen) atoms. The number of H-pyrrole nitrogens is 1. The predicted molar refractivity (Wildman–Crippen MR) is 106 cm³/mol. The van der Waals surface area contributed by atoms with Gasteiger partial charge < -0.3 is 5.32 Å². The Labute approximate surface area is 155 Å². The van der Waals surface area contributed by atoms with Crippen molar-refractivity contribution in [3.05, 3.63) is 64.2 Å². The summed E-state index contributed by atoms with van der Waals surface area (Å²) >= 11 is 1.68. The van der Waals surface area contributed by atoms with Gasteiger partial charge in [0.1, 0.15) is 0 Å². The molecule has 4 aromatic rings. The highest BCUT2D eigenvalue weighted by Gasteiger charge is 2.14. The molecule has 3 heterocycles. The lowest BCUT2D eigenvalue weighted by Gasteiger charge is -2.07. The standard InChI is InChI=1S/C20H18N4OS/c1-11-4-6-16-14(8-11)9-15(13(3)21-16)20(25)22-19-10-17(23-24-19)18-7-5-12(2)26-18/h4-10H,1-3H3,(H2,22,23,24,25). The van der Waals surface area contributed by atoms with Crippen molar-refractivity contribution in [1.29, 1.82) is 0 Å². The van der Waals surface area contributed by atoms with Gasteiger partial charge in [0, 0.05) is 16.3 Å². The van der Waals surface area contributed by atoms with E-state index >= 15 is 0 Å².